The van der Waals surface area contributed by atoms with E-state index < -0.39 is 5.97 Å². The van der Waals surface area contributed by atoms with Crippen LogP contribution in [0.15, 0.2) is 35.7 Å². The van der Waals surface area contributed by atoms with Gasteiger partial charge in [0.2, 0.25) is 0 Å². The number of benzene rings is 1. The number of Topliss-reactive ketones (excluding diaryl/α,β-unsaturated/α-hetero) is 1. The minimum Gasteiger partial charge on any atom is -0.423 e. The summed E-state index contributed by atoms with van der Waals surface area (Å²) < 4.78 is 4.92. The van der Waals surface area contributed by atoms with E-state index in [0.717, 1.165) is 11.0 Å². The molecular formula is C11H8O3S. The van der Waals surface area contributed by atoms with Gasteiger partial charge < -0.3 is 4.74 Å². The first-order chi connectivity index (χ1) is 7.20. The smallest absolute Gasteiger partial charge is 0.335 e. The van der Waals surface area contributed by atoms with Gasteiger partial charge in [0.1, 0.15) is 5.75 Å². The maximum absolute atomic E-state index is 11.4. The highest BCUT2D eigenvalue weighted by Gasteiger charge is 2.20. The fourth-order valence-electron chi connectivity index (χ4n) is 1.30. The summed E-state index contributed by atoms with van der Waals surface area (Å²) in [5.41, 5.74) is 0.634. The Labute approximate surface area is 91.1 Å². The third-order valence-corrected chi connectivity index (χ3v) is 3.07. The summed E-state index contributed by atoms with van der Waals surface area (Å²) in [6, 6.07) is 5.06. The predicted octanol–water partition coefficient (Wildman–Crippen LogP) is 2.07. The minimum absolute atomic E-state index is 0.0755. The lowest BCUT2D eigenvalue weighted by Crippen LogP contribution is -2.04. The fourth-order valence-corrected chi connectivity index (χ4v) is 2.23. The van der Waals surface area contributed by atoms with Gasteiger partial charge in [-0.2, -0.15) is 0 Å². The van der Waals surface area contributed by atoms with Crippen molar-refractivity contribution in [1.29, 1.82) is 0 Å². The van der Waals surface area contributed by atoms with Gasteiger partial charge in [0.25, 0.3) is 0 Å². The Morgan fingerprint density at radius 2 is 2.33 bits per heavy atom. The van der Waals surface area contributed by atoms with Crippen molar-refractivity contribution in [2.24, 2.45) is 0 Å². The van der Waals surface area contributed by atoms with Crippen molar-refractivity contribution in [3.8, 4) is 5.75 Å². The van der Waals surface area contributed by atoms with Gasteiger partial charge in [-0.05, 0) is 18.2 Å². The maximum atomic E-state index is 11.4. The monoisotopic (exact) mass is 220 g/mol. The normalized spacial score (nSPS) is 13.5. The van der Waals surface area contributed by atoms with E-state index in [4.69, 9.17) is 4.74 Å². The highest BCUT2D eigenvalue weighted by molar-refractivity contribution is 8.00. The van der Waals surface area contributed by atoms with Crippen LogP contribution in [0.25, 0.3) is 0 Å². The van der Waals surface area contributed by atoms with Crippen LogP contribution in [0.5, 0.6) is 5.75 Å². The van der Waals surface area contributed by atoms with Gasteiger partial charge in [-0.3, -0.25) is 4.79 Å². The maximum Gasteiger partial charge on any atom is 0.335 e. The summed E-state index contributed by atoms with van der Waals surface area (Å²) in [5, 5.41) is 0. The molecule has 0 amide bonds. The lowest BCUT2D eigenvalue weighted by Gasteiger charge is -2.02. The van der Waals surface area contributed by atoms with Gasteiger partial charge in [0.15, 0.2) is 5.78 Å². The number of esters is 1. The molecule has 1 aliphatic heterocycles. The molecule has 0 spiro atoms. The van der Waals surface area contributed by atoms with E-state index in [0.29, 0.717) is 17.1 Å². The molecule has 0 aromatic heterocycles. The van der Waals surface area contributed by atoms with Crippen molar-refractivity contribution in [2.45, 2.75) is 4.90 Å². The highest BCUT2D eigenvalue weighted by Crippen LogP contribution is 2.33. The number of fused-ring (bicyclic) bond motifs is 1. The molecule has 0 unspecified atom stereocenters. The molecule has 1 aromatic rings. The Morgan fingerprint density at radius 3 is 3.07 bits per heavy atom. The van der Waals surface area contributed by atoms with Gasteiger partial charge in [-0.15, -0.1) is 11.8 Å². The second-order valence-corrected chi connectivity index (χ2v) is 4.01. The van der Waals surface area contributed by atoms with Crippen molar-refractivity contribution >= 4 is 23.5 Å². The van der Waals surface area contributed by atoms with E-state index in [9.17, 15) is 9.59 Å². The average Bonchev–Trinajstić information content (AvgIpc) is 2.60. The summed E-state index contributed by atoms with van der Waals surface area (Å²) >= 11 is 1.50. The van der Waals surface area contributed by atoms with Gasteiger partial charge in [0.05, 0.1) is 5.75 Å². The van der Waals surface area contributed by atoms with E-state index in [1.54, 1.807) is 18.2 Å². The summed E-state index contributed by atoms with van der Waals surface area (Å²) in [4.78, 5) is 23.3. The SMILES string of the molecule is C=CC(=O)Oc1ccc2c(c1)C(=O)CS2. The Hall–Kier alpha value is -1.55. The van der Waals surface area contributed by atoms with Gasteiger partial charge >= 0.3 is 5.97 Å². The molecule has 1 heterocycles. The van der Waals surface area contributed by atoms with Crippen LogP contribution in [0.1, 0.15) is 10.4 Å². The van der Waals surface area contributed by atoms with Crippen molar-refractivity contribution < 1.29 is 14.3 Å². The molecule has 0 fully saturated rings. The highest BCUT2D eigenvalue weighted by atomic mass is 32.2. The summed E-state index contributed by atoms with van der Waals surface area (Å²) in [6.45, 7) is 3.30. The Kier molecular flexibility index (Phi) is 2.60. The average molecular weight is 220 g/mol. The predicted molar refractivity (Wildman–Crippen MR) is 57.3 cm³/mol. The second-order valence-electron chi connectivity index (χ2n) is 3.00. The topological polar surface area (TPSA) is 43.4 Å². The number of hydrogen-bond donors (Lipinski definition) is 0. The molecule has 0 bridgehead atoms. The van der Waals surface area contributed by atoms with Crippen LogP contribution in [0.2, 0.25) is 0 Å². The molecule has 2 rings (SSSR count). The zero-order chi connectivity index (χ0) is 10.8. The molecule has 1 aliphatic rings. The van der Waals surface area contributed by atoms with Crippen molar-refractivity contribution in [3.63, 3.8) is 0 Å². The molecule has 0 atom stereocenters. The number of ether oxygens (including phenoxy) is 1. The van der Waals surface area contributed by atoms with Crippen molar-refractivity contribution in [2.75, 3.05) is 5.75 Å². The number of hydrogen-bond acceptors (Lipinski definition) is 4. The molecule has 1 aromatic carbocycles. The lowest BCUT2D eigenvalue weighted by atomic mass is 10.1. The third-order valence-electron chi connectivity index (χ3n) is 2.00. The number of ketones is 1. The van der Waals surface area contributed by atoms with Crippen LogP contribution < -0.4 is 4.74 Å². The van der Waals surface area contributed by atoms with Crippen LogP contribution in [0.3, 0.4) is 0 Å². The first kappa shape index (κ1) is 9.98. The second kappa shape index (κ2) is 3.90. The Balaban J connectivity index is 2.29. The van der Waals surface area contributed by atoms with Gasteiger partial charge in [-0.1, -0.05) is 6.58 Å². The first-order valence-electron chi connectivity index (χ1n) is 4.35. The van der Waals surface area contributed by atoms with Gasteiger partial charge in [-0.25, -0.2) is 4.79 Å². The quantitative estimate of drug-likeness (QED) is 0.434. The van der Waals surface area contributed by atoms with Crippen LogP contribution in [-0.4, -0.2) is 17.5 Å². The first-order valence-corrected chi connectivity index (χ1v) is 5.33. The summed E-state index contributed by atoms with van der Waals surface area (Å²) in [7, 11) is 0. The largest absolute Gasteiger partial charge is 0.423 e. The van der Waals surface area contributed by atoms with Crippen molar-refractivity contribution in [1.82, 2.24) is 0 Å². The van der Waals surface area contributed by atoms with Crippen molar-refractivity contribution in [3.05, 3.63) is 36.4 Å². The molecule has 0 radical (unpaired) electrons. The summed E-state index contributed by atoms with van der Waals surface area (Å²) in [5.74, 6) is 0.405. The van der Waals surface area contributed by atoms with E-state index in [1.807, 2.05) is 0 Å². The zero-order valence-electron chi connectivity index (χ0n) is 7.86. The molecule has 4 heteroatoms. The summed E-state index contributed by atoms with van der Waals surface area (Å²) in [6.07, 6.45) is 1.09. The van der Waals surface area contributed by atoms with Crippen LogP contribution in [-0.2, 0) is 4.79 Å². The Bertz CT molecular complexity index is 451. The number of carbonyl (C=O) groups is 2. The standard InChI is InChI=1S/C11H8O3S/c1-2-11(13)14-7-3-4-10-8(5-7)9(12)6-15-10/h2-5H,1,6H2. The van der Waals surface area contributed by atoms with E-state index >= 15 is 0 Å². The van der Waals surface area contributed by atoms with E-state index in [2.05, 4.69) is 6.58 Å². The molecule has 0 N–H and O–H groups in total. The number of rotatable bonds is 2. The van der Waals surface area contributed by atoms with E-state index in [-0.39, 0.29) is 5.78 Å². The van der Waals surface area contributed by atoms with E-state index in [1.165, 1.54) is 11.8 Å². The van der Waals surface area contributed by atoms with Crippen LogP contribution >= 0.6 is 11.8 Å². The van der Waals surface area contributed by atoms with Crippen LogP contribution in [0, 0.1) is 0 Å². The number of thioether (sulfide) groups is 1. The van der Waals surface area contributed by atoms with Crippen LogP contribution in [0.4, 0.5) is 0 Å². The molecule has 0 aliphatic carbocycles. The molecule has 76 valence electrons. The minimum atomic E-state index is -0.520. The number of carbonyl (C=O) groups excluding carboxylic acids is 2. The van der Waals surface area contributed by atoms with Gasteiger partial charge in [0, 0.05) is 16.5 Å². The zero-order valence-corrected chi connectivity index (χ0v) is 8.67. The third kappa shape index (κ3) is 1.94. The molecule has 3 nitrogen and oxygen atoms in total. The molecule has 15 heavy (non-hydrogen) atoms. The molecule has 0 saturated carbocycles. The fraction of sp³-hybridized carbons (Fsp3) is 0.0909. The molecular weight excluding hydrogens is 212 g/mol. The Morgan fingerprint density at radius 1 is 1.53 bits per heavy atom. The lowest BCUT2D eigenvalue weighted by molar-refractivity contribution is -0.128. The molecule has 0 saturated heterocycles.